The van der Waals surface area contributed by atoms with Crippen molar-refractivity contribution >= 4 is 20.4 Å². The van der Waals surface area contributed by atoms with E-state index in [-0.39, 0.29) is 0 Å². The lowest BCUT2D eigenvalue weighted by Crippen LogP contribution is -2.03. The number of carbonyl (C=O) groups excluding carboxylic acids is 1. The maximum atomic E-state index is 11.5. The minimum atomic E-state index is -2.61. The monoisotopic (exact) mass is 209 g/mol. The lowest BCUT2D eigenvalue weighted by molar-refractivity contribution is 0.556. The van der Waals surface area contributed by atoms with Crippen LogP contribution in [0.15, 0.2) is 4.99 Å². The third-order valence-electron chi connectivity index (χ3n) is 1.28. The summed E-state index contributed by atoms with van der Waals surface area (Å²) < 4.78 is 23.0. The summed E-state index contributed by atoms with van der Waals surface area (Å²) in [5, 5.41) is 0. The topological polar surface area (TPSA) is 63.6 Å². The summed E-state index contributed by atoms with van der Waals surface area (Å²) in [5.74, 6) is 0. The molecule has 0 unspecified atom stereocenters. The van der Waals surface area contributed by atoms with Crippen LogP contribution >= 0.6 is 14.3 Å². The molecule has 0 saturated heterocycles. The van der Waals surface area contributed by atoms with Gasteiger partial charge in [-0.3, -0.25) is 0 Å². The first-order chi connectivity index (χ1) is 5.19. The van der Waals surface area contributed by atoms with Crippen molar-refractivity contribution in [3.63, 3.8) is 0 Å². The molecule has 0 spiro atoms. The van der Waals surface area contributed by atoms with Crippen LogP contribution in [0.5, 0.6) is 0 Å². The molecule has 0 aliphatic rings. The van der Waals surface area contributed by atoms with E-state index in [0.29, 0.717) is 0 Å². The zero-order chi connectivity index (χ0) is 9.99. The minimum Gasteiger partial charge on any atom is -0.321 e. The Morgan fingerprint density at radius 2 is 1.42 bits per heavy atom. The standard InChI is InChI=1S/C6H13NO3P2/c1-11(2,9)6(7-5-8)12(3,4)10/h6H,1-4H3. The zero-order valence-corrected chi connectivity index (χ0v) is 9.43. The van der Waals surface area contributed by atoms with Gasteiger partial charge in [0.15, 0.2) is 5.52 Å². The van der Waals surface area contributed by atoms with Gasteiger partial charge < -0.3 is 9.13 Å². The Hall–Kier alpha value is -0.160. The summed E-state index contributed by atoms with van der Waals surface area (Å²) in [6.45, 7) is 5.88. The molecule has 0 aliphatic carbocycles. The summed E-state index contributed by atoms with van der Waals surface area (Å²) in [5.41, 5.74) is -0.859. The van der Waals surface area contributed by atoms with Crippen LogP contribution < -0.4 is 0 Å². The molecule has 0 aliphatic heterocycles. The van der Waals surface area contributed by atoms with Gasteiger partial charge in [0, 0.05) is 0 Å². The van der Waals surface area contributed by atoms with E-state index in [1.54, 1.807) is 0 Å². The van der Waals surface area contributed by atoms with Crippen molar-refractivity contribution in [1.82, 2.24) is 0 Å². The van der Waals surface area contributed by atoms with Crippen LogP contribution in [-0.4, -0.2) is 38.3 Å². The highest BCUT2D eigenvalue weighted by atomic mass is 31.2. The average Bonchev–Trinajstić information content (AvgIpc) is 1.77. The molecule has 70 valence electrons. The number of isocyanates is 1. The smallest absolute Gasteiger partial charge is 0.236 e. The molecule has 0 saturated carbocycles. The Kier molecular flexibility index (Phi) is 3.65. The molecule has 0 aromatic carbocycles. The second-order valence-electron chi connectivity index (χ2n) is 3.44. The van der Waals surface area contributed by atoms with Crippen LogP contribution in [0, 0.1) is 0 Å². The fourth-order valence-electron chi connectivity index (χ4n) is 0.995. The number of hydrogen-bond donors (Lipinski definition) is 0. The highest BCUT2D eigenvalue weighted by Crippen LogP contribution is 2.61. The van der Waals surface area contributed by atoms with Crippen LogP contribution in [0.2, 0.25) is 0 Å². The molecule has 0 aromatic heterocycles. The number of nitrogens with zero attached hydrogens (tertiary/aromatic N) is 1. The lowest BCUT2D eigenvalue weighted by Gasteiger charge is -2.19. The first-order valence-electron chi connectivity index (χ1n) is 3.36. The van der Waals surface area contributed by atoms with Gasteiger partial charge >= 0.3 is 0 Å². The van der Waals surface area contributed by atoms with Gasteiger partial charge in [-0.1, -0.05) is 0 Å². The Morgan fingerprint density at radius 3 is 1.50 bits per heavy atom. The molecule has 0 bridgehead atoms. The maximum Gasteiger partial charge on any atom is 0.236 e. The van der Waals surface area contributed by atoms with E-state index in [0.717, 1.165) is 0 Å². The van der Waals surface area contributed by atoms with Crippen LogP contribution in [0.1, 0.15) is 0 Å². The normalized spacial score (nSPS) is 12.8. The molecule has 0 fully saturated rings. The molecule has 6 heteroatoms. The fourth-order valence-corrected chi connectivity index (χ4v) is 7.00. The van der Waals surface area contributed by atoms with Gasteiger partial charge in [0.2, 0.25) is 6.08 Å². The molecule has 12 heavy (non-hydrogen) atoms. The second-order valence-corrected chi connectivity index (χ2v) is 10.6. The van der Waals surface area contributed by atoms with E-state index in [2.05, 4.69) is 4.99 Å². The fraction of sp³-hybridized carbons (Fsp3) is 0.833. The highest BCUT2D eigenvalue weighted by Gasteiger charge is 2.33. The highest BCUT2D eigenvalue weighted by molar-refractivity contribution is 7.80. The minimum absolute atomic E-state index is 0.859. The molecule has 0 rings (SSSR count). The Morgan fingerprint density at radius 1 is 1.08 bits per heavy atom. The molecule has 0 atom stereocenters. The zero-order valence-electron chi connectivity index (χ0n) is 7.64. The maximum absolute atomic E-state index is 11.5. The van der Waals surface area contributed by atoms with E-state index >= 15 is 0 Å². The van der Waals surface area contributed by atoms with Crippen molar-refractivity contribution in [2.45, 2.75) is 5.52 Å². The van der Waals surface area contributed by atoms with Gasteiger partial charge in [-0.2, -0.15) is 4.99 Å². The van der Waals surface area contributed by atoms with Crippen molar-refractivity contribution < 1.29 is 13.9 Å². The van der Waals surface area contributed by atoms with Gasteiger partial charge in [0.1, 0.15) is 14.3 Å². The molecular formula is C6H13NO3P2. The summed E-state index contributed by atoms with van der Waals surface area (Å²) in [7, 11) is -5.21. The van der Waals surface area contributed by atoms with Crippen LogP contribution in [0.25, 0.3) is 0 Å². The van der Waals surface area contributed by atoms with E-state index in [4.69, 9.17) is 0 Å². The Bertz CT molecular complexity index is 272. The number of hydrogen-bond acceptors (Lipinski definition) is 4. The number of rotatable bonds is 3. The predicted molar refractivity (Wildman–Crippen MR) is 50.8 cm³/mol. The van der Waals surface area contributed by atoms with Crippen LogP contribution in [0.3, 0.4) is 0 Å². The van der Waals surface area contributed by atoms with Crippen molar-refractivity contribution in [1.29, 1.82) is 0 Å². The largest absolute Gasteiger partial charge is 0.321 e. The summed E-state index contributed by atoms with van der Waals surface area (Å²) in [6.07, 6.45) is 1.31. The van der Waals surface area contributed by atoms with Gasteiger partial charge in [-0.15, -0.1) is 0 Å². The van der Waals surface area contributed by atoms with Crippen LogP contribution in [-0.2, 0) is 13.9 Å². The average molecular weight is 209 g/mol. The van der Waals surface area contributed by atoms with Gasteiger partial charge in [0.05, 0.1) is 0 Å². The molecule has 0 aromatic rings. The molecule has 0 amide bonds. The van der Waals surface area contributed by atoms with E-state index < -0.39 is 19.8 Å². The molecule has 0 radical (unpaired) electrons. The summed E-state index contributed by atoms with van der Waals surface area (Å²) in [6, 6.07) is 0. The van der Waals surface area contributed by atoms with E-state index in [1.165, 1.54) is 32.7 Å². The third kappa shape index (κ3) is 3.49. The van der Waals surface area contributed by atoms with Crippen LogP contribution in [0.4, 0.5) is 0 Å². The summed E-state index contributed by atoms with van der Waals surface area (Å²) in [4.78, 5) is 13.3. The molecule has 0 N–H and O–H groups in total. The predicted octanol–water partition coefficient (Wildman–Crippen LogP) is 1.85. The van der Waals surface area contributed by atoms with E-state index in [9.17, 15) is 13.9 Å². The van der Waals surface area contributed by atoms with Gasteiger partial charge in [-0.25, -0.2) is 4.79 Å². The molecule has 4 nitrogen and oxygen atoms in total. The summed E-state index contributed by atoms with van der Waals surface area (Å²) >= 11 is 0. The quantitative estimate of drug-likeness (QED) is 0.404. The Balaban J connectivity index is 5.09. The first-order valence-corrected chi connectivity index (χ1v) is 8.70. The molecule has 0 heterocycles. The SMILES string of the molecule is CP(C)(=O)C(N=C=O)P(C)(C)=O. The van der Waals surface area contributed by atoms with Crippen molar-refractivity contribution in [3.8, 4) is 0 Å². The van der Waals surface area contributed by atoms with Crippen molar-refractivity contribution in [2.24, 2.45) is 4.99 Å². The van der Waals surface area contributed by atoms with Crippen molar-refractivity contribution in [2.75, 3.05) is 26.7 Å². The second kappa shape index (κ2) is 3.70. The van der Waals surface area contributed by atoms with E-state index in [1.807, 2.05) is 0 Å². The van der Waals surface area contributed by atoms with Gasteiger partial charge in [0.25, 0.3) is 0 Å². The first kappa shape index (κ1) is 11.8. The van der Waals surface area contributed by atoms with Gasteiger partial charge in [-0.05, 0) is 26.7 Å². The lowest BCUT2D eigenvalue weighted by atomic mass is 11.3. The van der Waals surface area contributed by atoms with Crippen molar-refractivity contribution in [3.05, 3.63) is 0 Å². The third-order valence-corrected chi connectivity index (χ3v) is 7.07. The molecular weight excluding hydrogens is 196 g/mol. The number of aliphatic imine (C=N–C) groups is 1. The Labute approximate surface area is 72.2 Å².